The number of hydrogen-bond donors (Lipinski definition) is 2. The molecule has 0 saturated carbocycles. The van der Waals surface area contributed by atoms with Crippen LogP contribution in [0.5, 0.6) is 0 Å². The molecule has 1 aromatic heterocycles. The fourth-order valence-electron chi connectivity index (χ4n) is 2.57. The summed E-state index contributed by atoms with van der Waals surface area (Å²) < 4.78 is 6.12. The van der Waals surface area contributed by atoms with E-state index in [4.69, 9.17) is 4.43 Å². The standard InChI is InChI=1S/C19H31NO2Si/c1-14-16(17-9-7-8-10-18(17)20-14)12-11-15(21)13-22-23(5,6)19(2,3)4/h7-10,15,20-21H,11-13H2,1-6H3/t15-/m1/s1. The monoisotopic (exact) mass is 333 g/mol. The first-order valence-electron chi connectivity index (χ1n) is 8.50. The van der Waals surface area contributed by atoms with Crippen LogP contribution in [0.2, 0.25) is 18.1 Å². The van der Waals surface area contributed by atoms with Crippen molar-refractivity contribution >= 4 is 19.2 Å². The maximum absolute atomic E-state index is 10.3. The molecule has 2 rings (SSSR count). The second kappa shape index (κ2) is 6.79. The van der Waals surface area contributed by atoms with Gasteiger partial charge in [-0.05, 0) is 49.5 Å². The van der Waals surface area contributed by atoms with Crippen LogP contribution in [0, 0.1) is 6.92 Å². The fourth-order valence-corrected chi connectivity index (χ4v) is 3.61. The van der Waals surface area contributed by atoms with Gasteiger partial charge in [0.1, 0.15) is 0 Å². The van der Waals surface area contributed by atoms with Crippen LogP contribution < -0.4 is 0 Å². The van der Waals surface area contributed by atoms with E-state index in [1.165, 1.54) is 22.2 Å². The summed E-state index contributed by atoms with van der Waals surface area (Å²) in [6, 6.07) is 8.36. The fraction of sp³-hybridized carbons (Fsp3) is 0.579. The molecular formula is C19H31NO2Si. The molecule has 0 radical (unpaired) electrons. The molecule has 0 aliphatic carbocycles. The first-order chi connectivity index (χ1) is 10.6. The van der Waals surface area contributed by atoms with Gasteiger partial charge in [-0.15, -0.1) is 0 Å². The van der Waals surface area contributed by atoms with Crippen LogP contribution in [0.25, 0.3) is 10.9 Å². The van der Waals surface area contributed by atoms with E-state index in [0.717, 1.165) is 12.8 Å². The summed E-state index contributed by atoms with van der Waals surface area (Å²) in [5, 5.41) is 11.8. The number of aromatic nitrogens is 1. The van der Waals surface area contributed by atoms with E-state index in [2.05, 4.69) is 64.0 Å². The molecule has 0 bridgehead atoms. The van der Waals surface area contributed by atoms with Gasteiger partial charge in [-0.1, -0.05) is 39.0 Å². The summed E-state index contributed by atoms with van der Waals surface area (Å²) in [7, 11) is -1.78. The summed E-state index contributed by atoms with van der Waals surface area (Å²) >= 11 is 0. The maximum atomic E-state index is 10.3. The SMILES string of the molecule is Cc1[nH]c2ccccc2c1CC[C@@H](O)CO[Si](C)(C)C(C)(C)C. The van der Waals surface area contributed by atoms with Gasteiger partial charge in [-0.2, -0.15) is 0 Å². The Morgan fingerprint density at radius 3 is 2.52 bits per heavy atom. The predicted octanol–water partition coefficient (Wildman–Crippen LogP) is 4.79. The van der Waals surface area contributed by atoms with E-state index in [1.807, 2.05) is 6.07 Å². The van der Waals surface area contributed by atoms with E-state index < -0.39 is 14.4 Å². The van der Waals surface area contributed by atoms with Gasteiger partial charge in [0.05, 0.1) is 12.7 Å². The number of fused-ring (bicyclic) bond motifs is 1. The molecule has 1 atom stereocenters. The van der Waals surface area contributed by atoms with Gasteiger partial charge in [0.15, 0.2) is 8.32 Å². The Kier molecular flexibility index (Phi) is 5.39. The Labute approximate surface area is 141 Å². The highest BCUT2D eigenvalue weighted by Crippen LogP contribution is 2.36. The number of hydrogen-bond acceptors (Lipinski definition) is 2. The van der Waals surface area contributed by atoms with Crippen LogP contribution in [0.1, 0.15) is 38.4 Å². The van der Waals surface area contributed by atoms with E-state index in [0.29, 0.717) is 6.61 Å². The lowest BCUT2D eigenvalue weighted by molar-refractivity contribution is 0.0932. The highest BCUT2D eigenvalue weighted by Gasteiger charge is 2.37. The molecule has 0 saturated heterocycles. The minimum Gasteiger partial charge on any atom is -0.414 e. The highest BCUT2D eigenvalue weighted by molar-refractivity contribution is 6.74. The Balaban J connectivity index is 1.94. The third kappa shape index (κ3) is 4.25. The van der Waals surface area contributed by atoms with Crippen LogP contribution in [-0.2, 0) is 10.8 Å². The number of aliphatic hydroxyl groups is 1. The first-order valence-corrected chi connectivity index (χ1v) is 11.4. The molecular weight excluding hydrogens is 302 g/mol. The second-order valence-corrected chi connectivity index (χ2v) is 12.8. The average Bonchev–Trinajstić information content (AvgIpc) is 2.77. The summed E-state index contributed by atoms with van der Waals surface area (Å²) in [6.45, 7) is 13.7. The van der Waals surface area contributed by atoms with E-state index in [9.17, 15) is 5.11 Å². The molecule has 23 heavy (non-hydrogen) atoms. The zero-order valence-corrected chi connectivity index (χ0v) is 16.4. The zero-order chi connectivity index (χ0) is 17.3. The van der Waals surface area contributed by atoms with E-state index in [1.54, 1.807) is 0 Å². The predicted molar refractivity (Wildman–Crippen MR) is 101 cm³/mol. The molecule has 3 nitrogen and oxygen atoms in total. The van der Waals surface area contributed by atoms with Crippen molar-refractivity contribution in [2.24, 2.45) is 0 Å². The molecule has 0 aliphatic rings. The Hall–Kier alpha value is -1.10. The van der Waals surface area contributed by atoms with Crippen molar-refractivity contribution < 1.29 is 9.53 Å². The molecule has 1 heterocycles. The molecule has 0 fully saturated rings. The van der Waals surface area contributed by atoms with Crippen molar-refractivity contribution in [3.05, 3.63) is 35.5 Å². The number of H-pyrrole nitrogens is 1. The average molecular weight is 334 g/mol. The number of benzene rings is 1. The number of rotatable bonds is 6. The molecule has 0 unspecified atom stereocenters. The first kappa shape index (κ1) is 18.2. The smallest absolute Gasteiger partial charge is 0.192 e. The van der Waals surface area contributed by atoms with Crippen LogP contribution in [0.3, 0.4) is 0 Å². The molecule has 2 aromatic rings. The Bertz CT molecular complexity index is 655. The lowest BCUT2D eigenvalue weighted by atomic mass is 10.0. The lowest BCUT2D eigenvalue weighted by Gasteiger charge is -2.36. The Morgan fingerprint density at radius 2 is 1.87 bits per heavy atom. The summed E-state index contributed by atoms with van der Waals surface area (Å²) in [5.41, 5.74) is 3.68. The van der Waals surface area contributed by atoms with Gasteiger partial charge < -0.3 is 14.5 Å². The number of para-hydroxylation sites is 1. The molecule has 1 aromatic carbocycles. The largest absolute Gasteiger partial charge is 0.414 e. The van der Waals surface area contributed by atoms with Crippen LogP contribution in [0.15, 0.2) is 24.3 Å². The van der Waals surface area contributed by atoms with Gasteiger partial charge in [0.25, 0.3) is 0 Å². The minimum absolute atomic E-state index is 0.181. The van der Waals surface area contributed by atoms with Gasteiger partial charge in [0, 0.05) is 16.6 Å². The molecule has 0 aliphatic heterocycles. The van der Waals surface area contributed by atoms with Crippen LogP contribution >= 0.6 is 0 Å². The van der Waals surface area contributed by atoms with E-state index >= 15 is 0 Å². The Morgan fingerprint density at radius 1 is 1.22 bits per heavy atom. The van der Waals surface area contributed by atoms with Crippen molar-refractivity contribution in [1.29, 1.82) is 0 Å². The van der Waals surface area contributed by atoms with Crippen molar-refractivity contribution in [2.45, 2.75) is 64.8 Å². The number of aryl methyl sites for hydroxylation is 2. The molecule has 2 N–H and O–H groups in total. The molecule has 128 valence electrons. The van der Waals surface area contributed by atoms with Crippen molar-refractivity contribution in [2.75, 3.05) is 6.61 Å². The minimum atomic E-state index is -1.78. The van der Waals surface area contributed by atoms with E-state index in [-0.39, 0.29) is 5.04 Å². The third-order valence-electron chi connectivity index (χ3n) is 5.20. The topological polar surface area (TPSA) is 45.2 Å². The zero-order valence-electron chi connectivity index (χ0n) is 15.4. The van der Waals surface area contributed by atoms with Crippen LogP contribution in [-0.4, -0.2) is 31.1 Å². The van der Waals surface area contributed by atoms with Gasteiger partial charge in [-0.3, -0.25) is 0 Å². The van der Waals surface area contributed by atoms with Crippen molar-refractivity contribution in [3.63, 3.8) is 0 Å². The number of aliphatic hydroxyl groups excluding tert-OH is 1. The van der Waals surface area contributed by atoms with Gasteiger partial charge in [0.2, 0.25) is 0 Å². The van der Waals surface area contributed by atoms with Gasteiger partial charge >= 0.3 is 0 Å². The second-order valence-electron chi connectivity index (χ2n) is 8.04. The van der Waals surface area contributed by atoms with Crippen molar-refractivity contribution in [3.8, 4) is 0 Å². The molecule has 4 heteroatoms. The number of aromatic amines is 1. The van der Waals surface area contributed by atoms with Gasteiger partial charge in [-0.25, -0.2) is 0 Å². The summed E-state index contributed by atoms with van der Waals surface area (Å²) in [6.07, 6.45) is 1.20. The molecule has 0 amide bonds. The highest BCUT2D eigenvalue weighted by atomic mass is 28.4. The summed E-state index contributed by atoms with van der Waals surface area (Å²) in [5.74, 6) is 0. The van der Waals surface area contributed by atoms with Crippen LogP contribution in [0.4, 0.5) is 0 Å². The quantitative estimate of drug-likeness (QED) is 0.746. The lowest BCUT2D eigenvalue weighted by Crippen LogP contribution is -2.42. The third-order valence-corrected chi connectivity index (χ3v) is 9.70. The maximum Gasteiger partial charge on any atom is 0.192 e. The number of nitrogens with one attached hydrogen (secondary N) is 1. The summed E-state index contributed by atoms with van der Waals surface area (Å²) in [4.78, 5) is 3.42. The van der Waals surface area contributed by atoms with Crippen molar-refractivity contribution in [1.82, 2.24) is 4.98 Å². The normalized spacial score (nSPS) is 14.4. The molecule has 0 spiro atoms.